The number of ether oxygens (including phenoxy) is 2. The summed E-state index contributed by atoms with van der Waals surface area (Å²) in [7, 11) is 1.48. The van der Waals surface area contributed by atoms with Crippen LogP contribution in [0.15, 0.2) is 30.5 Å². The van der Waals surface area contributed by atoms with E-state index in [1.54, 1.807) is 18.2 Å². The molecule has 0 aliphatic carbocycles. The van der Waals surface area contributed by atoms with Crippen LogP contribution < -0.4 is 25.0 Å². The first-order valence-corrected chi connectivity index (χ1v) is 11.2. The summed E-state index contributed by atoms with van der Waals surface area (Å²) in [5.74, 6) is 0.266. The van der Waals surface area contributed by atoms with Gasteiger partial charge in [-0.15, -0.1) is 0 Å². The topological polar surface area (TPSA) is 122 Å². The monoisotopic (exact) mass is 481 g/mol. The molecule has 2 amide bonds. The Morgan fingerprint density at radius 1 is 1.20 bits per heavy atom. The third-order valence-electron chi connectivity index (χ3n) is 5.84. The number of nitrogens with zero attached hydrogens (tertiary/aromatic N) is 5. The predicted octanol–water partition coefficient (Wildman–Crippen LogP) is 0.942. The van der Waals surface area contributed by atoms with Gasteiger partial charge in [0, 0.05) is 38.8 Å². The van der Waals surface area contributed by atoms with Gasteiger partial charge < -0.3 is 25.0 Å². The minimum Gasteiger partial charge on any atom is -0.481 e. The number of piperazine rings is 1. The number of carbonyl (C=O) groups is 2. The Balaban J connectivity index is 1.17. The van der Waals surface area contributed by atoms with Gasteiger partial charge in [0.05, 0.1) is 31.1 Å². The van der Waals surface area contributed by atoms with Crippen molar-refractivity contribution in [3.05, 3.63) is 42.0 Å². The SMILES string of the molecule is COc1ccc2ncc(F)c(N3CCN(CCNCc4ccc5c(n4)NC(=O)CO5)CC3=O)c2n1. The number of hydrogen-bond acceptors (Lipinski definition) is 9. The van der Waals surface area contributed by atoms with Crippen molar-refractivity contribution in [1.29, 1.82) is 0 Å². The van der Waals surface area contributed by atoms with Crippen molar-refractivity contribution < 1.29 is 23.5 Å². The number of pyridine rings is 3. The van der Waals surface area contributed by atoms with E-state index in [1.807, 2.05) is 11.0 Å². The van der Waals surface area contributed by atoms with Crippen LogP contribution in [0.4, 0.5) is 15.9 Å². The van der Waals surface area contributed by atoms with Gasteiger partial charge in [-0.3, -0.25) is 19.5 Å². The third-order valence-corrected chi connectivity index (χ3v) is 5.84. The van der Waals surface area contributed by atoms with Crippen molar-refractivity contribution in [1.82, 2.24) is 25.2 Å². The molecule has 3 aromatic heterocycles. The Labute approximate surface area is 200 Å². The van der Waals surface area contributed by atoms with Crippen LogP contribution in [0.3, 0.4) is 0 Å². The van der Waals surface area contributed by atoms with Crippen LogP contribution in [0.1, 0.15) is 5.69 Å². The van der Waals surface area contributed by atoms with Crippen LogP contribution in [-0.2, 0) is 16.1 Å². The standard InChI is InChI=1S/C23H24FN7O4/c1-34-19-5-3-16-21(29-19)22(15(24)11-26-16)31-9-8-30(12-20(31)33)7-6-25-10-14-2-4-17-23(27-14)28-18(32)13-35-17/h2-5,11,25H,6-10,12-13H2,1H3,(H,27,28,32). The van der Waals surface area contributed by atoms with Crippen LogP contribution in [0.5, 0.6) is 11.6 Å². The summed E-state index contributed by atoms with van der Waals surface area (Å²) >= 11 is 0. The highest BCUT2D eigenvalue weighted by Crippen LogP contribution is 2.30. The average Bonchev–Trinajstić information content (AvgIpc) is 2.86. The molecule has 2 N–H and O–H groups in total. The number of anilines is 2. The number of aromatic nitrogens is 3. The average molecular weight is 481 g/mol. The largest absolute Gasteiger partial charge is 0.481 e. The molecule has 5 rings (SSSR count). The summed E-state index contributed by atoms with van der Waals surface area (Å²) in [6.07, 6.45) is 1.11. The number of nitrogens with one attached hydrogen (secondary N) is 2. The molecule has 0 unspecified atom stereocenters. The minimum absolute atomic E-state index is 0.00695. The summed E-state index contributed by atoms with van der Waals surface area (Å²) in [6.45, 7) is 2.83. The molecule has 0 radical (unpaired) electrons. The highest BCUT2D eigenvalue weighted by Gasteiger charge is 2.29. The van der Waals surface area contributed by atoms with E-state index >= 15 is 0 Å². The Morgan fingerprint density at radius 2 is 2.09 bits per heavy atom. The van der Waals surface area contributed by atoms with Crippen LogP contribution in [0, 0.1) is 5.82 Å². The van der Waals surface area contributed by atoms with E-state index in [9.17, 15) is 14.0 Å². The lowest BCUT2D eigenvalue weighted by atomic mass is 10.2. The van der Waals surface area contributed by atoms with Crippen LogP contribution >= 0.6 is 0 Å². The van der Waals surface area contributed by atoms with E-state index in [0.717, 1.165) is 11.9 Å². The lowest BCUT2D eigenvalue weighted by molar-refractivity contribution is -0.121. The molecule has 3 aromatic rings. The van der Waals surface area contributed by atoms with Gasteiger partial charge >= 0.3 is 0 Å². The fraction of sp³-hybridized carbons (Fsp3) is 0.348. The molecule has 0 aromatic carbocycles. The Morgan fingerprint density at radius 3 is 2.91 bits per heavy atom. The molecule has 1 fully saturated rings. The van der Waals surface area contributed by atoms with Crippen LogP contribution in [0.25, 0.3) is 11.0 Å². The summed E-state index contributed by atoms with van der Waals surface area (Å²) in [4.78, 5) is 40.6. The maximum Gasteiger partial charge on any atom is 0.263 e. The van der Waals surface area contributed by atoms with Gasteiger partial charge in [0.15, 0.2) is 24.0 Å². The van der Waals surface area contributed by atoms with Crippen molar-refractivity contribution in [2.45, 2.75) is 6.54 Å². The first kappa shape index (κ1) is 22.9. The van der Waals surface area contributed by atoms with Crippen molar-refractivity contribution >= 4 is 34.4 Å². The zero-order chi connectivity index (χ0) is 24.4. The number of carbonyl (C=O) groups excluding carboxylic acids is 2. The number of fused-ring (bicyclic) bond motifs is 2. The summed E-state index contributed by atoms with van der Waals surface area (Å²) < 4.78 is 25.2. The number of hydrogen-bond donors (Lipinski definition) is 2. The molecule has 0 spiro atoms. The third kappa shape index (κ3) is 4.84. The maximum atomic E-state index is 14.7. The molecule has 182 valence electrons. The zero-order valence-electron chi connectivity index (χ0n) is 19.1. The normalized spacial score (nSPS) is 16.1. The molecular formula is C23H24FN7O4. The predicted molar refractivity (Wildman–Crippen MR) is 125 cm³/mol. The van der Waals surface area contributed by atoms with Gasteiger partial charge in [-0.05, 0) is 18.2 Å². The molecule has 11 nitrogen and oxygen atoms in total. The number of methoxy groups -OCH3 is 1. The van der Waals surface area contributed by atoms with E-state index in [2.05, 4.69) is 25.6 Å². The molecule has 12 heteroatoms. The van der Waals surface area contributed by atoms with Gasteiger partial charge in [0.1, 0.15) is 11.2 Å². The van der Waals surface area contributed by atoms with E-state index in [0.29, 0.717) is 61.2 Å². The molecule has 2 aliphatic rings. The Bertz CT molecular complexity index is 1290. The molecule has 1 saturated heterocycles. The molecule has 0 bridgehead atoms. The van der Waals surface area contributed by atoms with Crippen LogP contribution in [-0.4, -0.2) is 78.1 Å². The van der Waals surface area contributed by atoms with Crippen molar-refractivity contribution in [3.63, 3.8) is 0 Å². The first-order chi connectivity index (χ1) is 17.0. The summed E-state index contributed by atoms with van der Waals surface area (Å²) in [6, 6.07) is 6.95. The minimum atomic E-state index is -0.596. The first-order valence-electron chi connectivity index (χ1n) is 11.2. The summed E-state index contributed by atoms with van der Waals surface area (Å²) in [5.41, 5.74) is 1.68. The highest BCUT2D eigenvalue weighted by atomic mass is 19.1. The number of amides is 2. The van der Waals surface area contributed by atoms with E-state index < -0.39 is 5.82 Å². The van der Waals surface area contributed by atoms with Gasteiger partial charge in [0.2, 0.25) is 11.8 Å². The fourth-order valence-electron chi connectivity index (χ4n) is 4.09. The molecule has 5 heterocycles. The number of halogens is 1. The van der Waals surface area contributed by atoms with Gasteiger partial charge in [-0.1, -0.05) is 0 Å². The zero-order valence-corrected chi connectivity index (χ0v) is 19.1. The lowest BCUT2D eigenvalue weighted by Gasteiger charge is -2.34. The van der Waals surface area contributed by atoms with Gasteiger partial charge in [0.25, 0.3) is 5.91 Å². The molecular weight excluding hydrogens is 457 g/mol. The van der Waals surface area contributed by atoms with Gasteiger partial charge in [-0.25, -0.2) is 14.4 Å². The quantitative estimate of drug-likeness (QED) is 0.475. The van der Waals surface area contributed by atoms with E-state index in [1.165, 1.54) is 12.0 Å². The smallest absolute Gasteiger partial charge is 0.263 e. The second kappa shape index (κ2) is 9.76. The second-order valence-corrected chi connectivity index (χ2v) is 8.16. The molecule has 0 atom stereocenters. The van der Waals surface area contributed by atoms with E-state index in [-0.39, 0.29) is 30.7 Å². The van der Waals surface area contributed by atoms with E-state index in [4.69, 9.17) is 9.47 Å². The fourth-order valence-corrected chi connectivity index (χ4v) is 4.09. The second-order valence-electron chi connectivity index (χ2n) is 8.16. The highest BCUT2D eigenvalue weighted by molar-refractivity contribution is 6.02. The van der Waals surface area contributed by atoms with Crippen molar-refractivity contribution in [2.75, 3.05) is 56.7 Å². The Kier molecular flexibility index (Phi) is 6.38. The Hall–Kier alpha value is -3.90. The summed E-state index contributed by atoms with van der Waals surface area (Å²) in [5, 5.41) is 5.99. The van der Waals surface area contributed by atoms with Crippen molar-refractivity contribution in [3.8, 4) is 11.6 Å². The molecule has 0 saturated carbocycles. The molecule has 35 heavy (non-hydrogen) atoms. The van der Waals surface area contributed by atoms with Crippen LogP contribution in [0.2, 0.25) is 0 Å². The maximum absolute atomic E-state index is 14.7. The molecule has 2 aliphatic heterocycles. The number of rotatable bonds is 7. The lowest BCUT2D eigenvalue weighted by Crippen LogP contribution is -2.52. The van der Waals surface area contributed by atoms with Crippen molar-refractivity contribution in [2.24, 2.45) is 0 Å². The van der Waals surface area contributed by atoms with Gasteiger partial charge in [-0.2, -0.15) is 0 Å².